The van der Waals surface area contributed by atoms with E-state index in [1.54, 1.807) is 6.08 Å². The zero-order valence-corrected chi connectivity index (χ0v) is 48.1. The lowest BCUT2D eigenvalue weighted by molar-refractivity contribution is -0.870. The molecule has 1 amide bonds. The number of unbranched alkanes of at least 4 members (excludes halogenated alkanes) is 31. The fraction of sp³-hybridized carbons (Fsp3) is 0.790. The van der Waals surface area contributed by atoms with Crippen molar-refractivity contribution in [2.75, 3.05) is 40.9 Å². The molecule has 0 rings (SSSR count). The second kappa shape index (κ2) is 52.8. The minimum absolute atomic E-state index is 0.0111. The molecule has 0 aliphatic rings. The molecule has 9 heteroatoms. The van der Waals surface area contributed by atoms with E-state index in [1.165, 1.54) is 186 Å². The fourth-order valence-corrected chi connectivity index (χ4v) is 9.15. The molecule has 0 saturated carbocycles. The minimum atomic E-state index is -4.61. The third-order valence-corrected chi connectivity index (χ3v) is 14.1. The molecule has 3 unspecified atom stereocenters. The highest BCUT2D eigenvalue weighted by Crippen LogP contribution is 2.38. The number of likely N-dealkylation sites (N-methyl/N-ethyl adjacent to an activating group) is 1. The Labute approximate surface area is 440 Å². The topological polar surface area (TPSA) is 108 Å². The molecular formula is C62H115N2O6P. The third-order valence-electron chi connectivity index (χ3n) is 13.1. The van der Waals surface area contributed by atoms with E-state index in [-0.39, 0.29) is 12.5 Å². The van der Waals surface area contributed by atoms with Gasteiger partial charge in [0.15, 0.2) is 0 Å². The fourth-order valence-electron chi connectivity index (χ4n) is 8.43. The summed E-state index contributed by atoms with van der Waals surface area (Å²) in [5.74, 6) is -0.212. The highest BCUT2D eigenvalue weighted by Gasteiger charge is 2.23. The molecule has 414 valence electrons. The molecule has 0 aromatic rings. The Morgan fingerprint density at radius 3 is 1.24 bits per heavy atom. The maximum atomic E-state index is 13.0. The predicted octanol–water partition coefficient (Wildman–Crippen LogP) is 17.6. The molecule has 0 radical (unpaired) electrons. The van der Waals surface area contributed by atoms with Gasteiger partial charge in [0.2, 0.25) is 5.91 Å². The number of aliphatic hydroxyl groups is 1. The number of phosphoric acid groups is 1. The average Bonchev–Trinajstić information content (AvgIpc) is 3.33. The first-order chi connectivity index (χ1) is 34.5. The van der Waals surface area contributed by atoms with Gasteiger partial charge in [0.1, 0.15) is 13.2 Å². The largest absolute Gasteiger partial charge is 0.756 e. The lowest BCUT2D eigenvalue weighted by atomic mass is 10.0. The van der Waals surface area contributed by atoms with Gasteiger partial charge in [-0.3, -0.25) is 9.36 Å². The van der Waals surface area contributed by atoms with E-state index in [9.17, 15) is 19.4 Å². The Kier molecular flexibility index (Phi) is 51.3. The van der Waals surface area contributed by atoms with Gasteiger partial charge in [-0.25, -0.2) is 0 Å². The molecule has 0 spiro atoms. The van der Waals surface area contributed by atoms with Crippen LogP contribution in [0.15, 0.2) is 72.9 Å². The number of hydrogen-bond acceptors (Lipinski definition) is 6. The van der Waals surface area contributed by atoms with Crippen molar-refractivity contribution < 1.29 is 32.9 Å². The number of allylic oxidation sites excluding steroid dienone is 11. The van der Waals surface area contributed by atoms with Crippen LogP contribution in [0.2, 0.25) is 0 Å². The van der Waals surface area contributed by atoms with Crippen LogP contribution >= 0.6 is 7.82 Å². The number of quaternary nitrogens is 1. The SMILES string of the molecule is CCCCCCC/C=C\C/C=C\C/C=C\CCCCCCCCCCCCCCCCC(=O)NC(COP(=O)([O-])OCC[N+](C)(C)C)C(O)/C=C/CC/C=C/CC/C=C/CCCCCCCCCCCC. The lowest BCUT2D eigenvalue weighted by Crippen LogP contribution is -2.45. The number of nitrogens with zero attached hydrogens (tertiary/aromatic N) is 1. The van der Waals surface area contributed by atoms with Crippen LogP contribution < -0.4 is 10.2 Å². The molecular weight excluding hydrogens is 900 g/mol. The molecule has 0 saturated heterocycles. The molecule has 0 aliphatic heterocycles. The Morgan fingerprint density at radius 1 is 0.493 bits per heavy atom. The molecule has 2 N–H and O–H groups in total. The molecule has 3 atom stereocenters. The maximum absolute atomic E-state index is 13.0. The van der Waals surface area contributed by atoms with E-state index in [1.807, 2.05) is 27.2 Å². The molecule has 0 aromatic heterocycles. The van der Waals surface area contributed by atoms with Gasteiger partial charge < -0.3 is 28.8 Å². The predicted molar refractivity (Wildman–Crippen MR) is 307 cm³/mol. The van der Waals surface area contributed by atoms with Crippen molar-refractivity contribution in [3.8, 4) is 0 Å². The highest BCUT2D eigenvalue weighted by molar-refractivity contribution is 7.45. The van der Waals surface area contributed by atoms with Crippen LogP contribution in [0.4, 0.5) is 0 Å². The highest BCUT2D eigenvalue weighted by atomic mass is 31.2. The quantitative estimate of drug-likeness (QED) is 0.0272. The first-order valence-electron chi connectivity index (χ1n) is 29.8. The molecule has 0 fully saturated rings. The van der Waals surface area contributed by atoms with E-state index in [0.29, 0.717) is 17.4 Å². The lowest BCUT2D eigenvalue weighted by Gasteiger charge is -2.29. The number of amides is 1. The summed E-state index contributed by atoms with van der Waals surface area (Å²) >= 11 is 0. The molecule has 0 bridgehead atoms. The van der Waals surface area contributed by atoms with Gasteiger partial charge in [-0.15, -0.1) is 0 Å². The van der Waals surface area contributed by atoms with Crippen molar-refractivity contribution in [3.63, 3.8) is 0 Å². The van der Waals surface area contributed by atoms with E-state index in [0.717, 1.165) is 57.8 Å². The number of carbonyl (C=O) groups excluding carboxylic acids is 1. The van der Waals surface area contributed by atoms with E-state index in [2.05, 4.69) is 79.9 Å². The first-order valence-corrected chi connectivity index (χ1v) is 31.3. The van der Waals surface area contributed by atoms with Crippen LogP contribution in [0.3, 0.4) is 0 Å². The summed E-state index contributed by atoms with van der Waals surface area (Å²) in [6.45, 7) is 4.62. The summed E-state index contributed by atoms with van der Waals surface area (Å²) in [7, 11) is 1.23. The molecule has 0 aromatic carbocycles. The Hall–Kier alpha value is -2.06. The Morgan fingerprint density at radius 2 is 0.831 bits per heavy atom. The van der Waals surface area contributed by atoms with Crippen LogP contribution in [0.1, 0.15) is 264 Å². The van der Waals surface area contributed by atoms with E-state index < -0.39 is 26.6 Å². The van der Waals surface area contributed by atoms with Gasteiger partial charge in [0.05, 0.1) is 39.9 Å². The van der Waals surface area contributed by atoms with Gasteiger partial charge >= 0.3 is 0 Å². The molecule has 8 nitrogen and oxygen atoms in total. The van der Waals surface area contributed by atoms with Crippen LogP contribution in [0.5, 0.6) is 0 Å². The molecule has 0 aliphatic carbocycles. The summed E-state index contributed by atoms with van der Waals surface area (Å²) in [6, 6.07) is -0.914. The van der Waals surface area contributed by atoms with Gasteiger partial charge in [-0.2, -0.15) is 0 Å². The number of carbonyl (C=O) groups is 1. The van der Waals surface area contributed by atoms with Crippen molar-refractivity contribution >= 4 is 13.7 Å². The zero-order chi connectivity index (χ0) is 52.0. The smallest absolute Gasteiger partial charge is 0.268 e. The molecule has 0 heterocycles. The Balaban J connectivity index is 4.22. The van der Waals surface area contributed by atoms with Crippen LogP contribution in [-0.2, 0) is 18.4 Å². The number of nitrogens with one attached hydrogen (secondary N) is 1. The van der Waals surface area contributed by atoms with Crippen molar-refractivity contribution in [2.24, 2.45) is 0 Å². The summed E-state index contributed by atoms with van der Waals surface area (Å²) in [6.07, 6.45) is 72.7. The number of rotatable bonds is 54. The summed E-state index contributed by atoms with van der Waals surface area (Å²) in [4.78, 5) is 25.5. The summed E-state index contributed by atoms with van der Waals surface area (Å²) in [5, 5.41) is 13.9. The van der Waals surface area contributed by atoms with Crippen molar-refractivity contribution in [1.29, 1.82) is 0 Å². The average molecular weight is 1020 g/mol. The maximum Gasteiger partial charge on any atom is 0.268 e. The molecule has 71 heavy (non-hydrogen) atoms. The summed E-state index contributed by atoms with van der Waals surface area (Å²) < 4.78 is 23.3. The van der Waals surface area contributed by atoms with Crippen molar-refractivity contribution in [2.45, 2.75) is 276 Å². The number of phosphoric ester groups is 1. The number of aliphatic hydroxyl groups excluding tert-OH is 1. The second-order valence-electron chi connectivity index (χ2n) is 21.3. The minimum Gasteiger partial charge on any atom is -0.756 e. The van der Waals surface area contributed by atoms with Crippen LogP contribution in [0, 0.1) is 0 Å². The standard InChI is InChI=1S/C62H115N2O6P/c1-6-8-10-12-14-16-18-20-22-24-26-28-29-30-31-32-33-34-35-36-38-40-42-44-46-48-50-52-54-56-62(66)63-60(59-70-71(67,68)69-58-57-64(3,4)5)61(65)55-53-51-49-47-45-43-41-39-37-27-25-23-21-19-17-15-13-11-9-7-2/h18,20,24,26,29-30,37,39,45,47,53,55,60-61,65H,6-17,19,21-23,25,27-28,31-36,38,40-44,46,48-52,54,56-59H2,1-5H3,(H-,63,66,67,68)/b20-18-,26-24-,30-29-,39-37+,47-45+,55-53+. The van der Waals surface area contributed by atoms with Gasteiger partial charge in [0, 0.05) is 6.42 Å². The van der Waals surface area contributed by atoms with Gasteiger partial charge in [-0.05, 0) is 83.5 Å². The van der Waals surface area contributed by atoms with Crippen LogP contribution in [0.25, 0.3) is 0 Å². The number of hydrogen-bond donors (Lipinski definition) is 2. The van der Waals surface area contributed by atoms with Gasteiger partial charge in [0.25, 0.3) is 7.82 Å². The Bertz CT molecular complexity index is 1380. The van der Waals surface area contributed by atoms with Crippen LogP contribution in [-0.4, -0.2) is 68.5 Å². The monoisotopic (exact) mass is 1010 g/mol. The first kappa shape index (κ1) is 68.9. The van der Waals surface area contributed by atoms with E-state index >= 15 is 0 Å². The van der Waals surface area contributed by atoms with E-state index in [4.69, 9.17) is 9.05 Å². The van der Waals surface area contributed by atoms with Crippen molar-refractivity contribution in [3.05, 3.63) is 72.9 Å². The second-order valence-corrected chi connectivity index (χ2v) is 22.7. The summed E-state index contributed by atoms with van der Waals surface area (Å²) in [5.41, 5.74) is 0. The zero-order valence-electron chi connectivity index (χ0n) is 47.2. The van der Waals surface area contributed by atoms with Gasteiger partial charge in [-0.1, -0.05) is 247 Å². The third kappa shape index (κ3) is 55.5. The normalized spacial score (nSPS) is 14.4. The van der Waals surface area contributed by atoms with Crippen molar-refractivity contribution in [1.82, 2.24) is 5.32 Å².